The molecule has 0 bridgehead atoms. The van der Waals surface area contributed by atoms with E-state index in [0.29, 0.717) is 6.08 Å². The van der Waals surface area contributed by atoms with Crippen molar-refractivity contribution in [1.82, 2.24) is 0 Å². The lowest BCUT2D eigenvalue weighted by atomic mass is 10.6. The van der Waals surface area contributed by atoms with Crippen LogP contribution in [-0.2, 0) is 0 Å². The maximum atomic E-state index is 11.2. The van der Waals surface area contributed by atoms with Crippen molar-refractivity contribution < 1.29 is 8.78 Å². The highest BCUT2D eigenvalue weighted by Crippen LogP contribution is 1.80. The molecule has 0 aliphatic heterocycles. The summed E-state index contributed by atoms with van der Waals surface area (Å²) in [5.41, 5.74) is 4.41. The van der Waals surface area contributed by atoms with Crippen LogP contribution in [0, 0.1) is 0 Å². The minimum Gasteiger partial charge on any atom is -0.298 e. The number of hydrogen-bond donors (Lipinski definition) is 1. The second kappa shape index (κ2) is 2.78. The van der Waals surface area contributed by atoms with Crippen LogP contribution in [-0.4, -0.2) is 6.30 Å². The lowest BCUT2D eigenvalue weighted by Gasteiger charge is -1.82. The van der Waals surface area contributed by atoms with Crippen LogP contribution in [0.5, 0.6) is 0 Å². The zero-order chi connectivity index (χ0) is 4.99. The summed E-state index contributed by atoms with van der Waals surface area (Å²) in [6.45, 7) is 0. The predicted octanol–water partition coefficient (Wildman–Crippen LogP) is 0.724. The van der Waals surface area contributed by atoms with Crippen molar-refractivity contribution in [2.24, 2.45) is 5.73 Å². The third-order valence-corrected chi connectivity index (χ3v) is 0.257. The SMILES string of the molecule is NC(F)C=CF. The van der Waals surface area contributed by atoms with Gasteiger partial charge in [0.15, 0.2) is 6.30 Å². The Labute approximate surface area is 34.5 Å². The zero-order valence-electron chi connectivity index (χ0n) is 3.07. The van der Waals surface area contributed by atoms with E-state index in [9.17, 15) is 8.78 Å². The van der Waals surface area contributed by atoms with Gasteiger partial charge in [-0.05, 0) is 6.08 Å². The normalized spacial score (nSPS) is 15.8. The summed E-state index contributed by atoms with van der Waals surface area (Å²) in [5, 5.41) is 0. The van der Waals surface area contributed by atoms with Crippen molar-refractivity contribution in [1.29, 1.82) is 0 Å². The van der Waals surface area contributed by atoms with E-state index in [-0.39, 0.29) is 6.33 Å². The molecule has 6 heavy (non-hydrogen) atoms. The Morgan fingerprint density at radius 3 is 2.17 bits per heavy atom. The Morgan fingerprint density at radius 2 is 2.17 bits per heavy atom. The molecule has 0 heterocycles. The van der Waals surface area contributed by atoms with Gasteiger partial charge in [-0.3, -0.25) is 5.73 Å². The molecule has 0 spiro atoms. The topological polar surface area (TPSA) is 26.0 Å². The Bertz CT molecular complexity index is 50.8. The Balaban J connectivity index is 3.03. The molecule has 0 fully saturated rings. The maximum Gasteiger partial charge on any atom is 0.170 e. The van der Waals surface area contributed by atoms with Crippen molar-refractivity contribution in [3.8, 4) is 0 Å². The van der Waals surface area contributed by atoms with Gasteiger partial charge in [0.05, 0.1) is 6.33 Å². The van der Waals surface area contributed by atoms with E-state index in [1.165, 1.54) is 0 Å². The van der Waals surface area contributed by atoms with E-state index in [1.807, 2.05) is 0 Å². The standard InChI is InChI=1S/C3H5F2N/c4-2-1-3(5)6/h1-3H,6H2. The fourth-order valence-electron chi connectivity index (χ4n) is 0.0695. The summed E-state index contributed by atoms with van der Waals surface area (Å²) in [7, 11) is 0. The van der Waals surface area contributed by atoms with Gasteiger partial charge in [0.2, 0.25) is 0 Å². The van der Waals surface area contributed by atoms with Crippen LogP contribution in [0.15, 0.2) is 12.4 Å². The van der Waals surface area contributed by atoms with Gasteiger partial charge in [0.1, 0.15) is 0 Å². The van der Waals surface area contributed by atoms with Gasteiger partial charge < -0.3 is 0 Å². The smallest absolute Gasteiger partial charge is 0.170 e. The third-order valence-electron chi connectivity index (χ3n) is 0.257. The highest BCUT2D eigenvalue weighted by Gasteiger charge is 1.83. The van der Waals surface area contributed by atoms with Gasteiger partial charge in [0, 0.05) is 0 Å². The summed E-state index contributed by atoms with van der Waals surface area (Å²) >= 11 is 0. The molecule has 0 rings (SSSR count). The quantitative estimate of drug-likeness (QED) is 0.475. The summed E-state index contributed by atoms with van der Waals surface area (Å²) in [4.78, 5) is 0. The van der Waals surface area contributed by atoms with Crippen molar-refractivity contribution in [2.75, 3.05) is 0 Å². The molecular formula is C3H5F2N. The van der Waals surface area contributed by atoms with E-state index < -0.39 is 6.30 Å². The minimum atomic E-state index is -1.66. The molecule has 1 unspecified atom stereocenters. The average molecular weight is 93.1 g/mol. The Hall–Kier alpha value is -0.440. The summed E-state index contributed by atoms with van der Waals surface area (Å²) in [6, 6.07) is 0. The Morgan fingerprint density at radius 1 is 1.67 bits per heavy atom. The molecule has 1 nitrogen and oxygen atoms in total. The molecule has 0 aliphatic rings. The molecular weight excluding hydrogens is 88.0 g/mol. The van der Waals surface area contributed by atoms with Gasteiger partial charge in [-0.25, -0.2) is 8.78 Å². The molecule has 3 heteroatoms. The van der Waals surface area contributed by atoms with Crippen molar-refractivity contribution in [2.45, 2.75) is 6.30 Å². The largest absolute Gasteiger partial charge is 0.298 e. The molecule has 0 aromatic carbocycles. The van der Waals surface area contributed by atoms with Crippen molar-refractivity contribution in [3.05, 3.63) is 12.4 Å². The first kappa shape index (κ1) is 5.56. The number of alkyl halides is 1. The van der Waals surface area contributed by atoms with Gasteiger partial charge in [-0.1, -0.05) is 0 Å². The first-order chi connectivity index (χ1) is 2.77. The monoisotopic (exact) mass is 93.0 g/mol. The second-order valence-electron chi connectivity index (χ2n) is 0.763. The lowest BCUT2D eigenvalue weighted by Crippen LogP contribution is -2.07. The van der Waals surface area contributed by atoms with Crippen LogP contribution in [0.25, 0.3) is 0 Å². The van der Waals surface area contributed by atoms with Crippen LogP contribution in [0.2, 0.25) is 0 Å². The number of halogens is 2. The number of rotatable bonds is 1. The summed E-state index contributed by atoms with van der Waals surface area (Å²) in [5.74, 6) is 0. The van der Waals surface area contributed by atoms with E-state index >= 15 is 0 Å². The van der Waals surface area contributed by atoms with Crippen molar-refractivity contribution >= 4 is 0 Å². The highest BCUT2D eigenvalue weighted by atomic mass is 19.1. The average Bonchev–Trinajstić information content (AvgIpc) is 1.35. The molecule has 0 aliphatic carbocycles. The lowest BCUT2D eigenvalue weighted by molar-refractivity contribution is 0.409. The molecule has 0 saturated carbocycles. The van der Waals surface area contributed by atoms with Gasteiger partial charge in [-0.2, -0.15) is 0 Å². The molecule has 0 radical (unpaired) electrons. The highest BCUT2D eigenvalue weighted by molar-refractivity contribution is 4.76. The maximum absolute atomic E-state index is 11.2. The van der Waals surface area contributed by atoms with Crippen LogP contribution < -0.4 is 5.73 Å². The molecule has 0 amide bonds. The summed E-state index contributed by atoms with van der Waals surface area (Å²) < 4.78 is 21.9. The van der Waals surface area contributed by atoms with Crippen molar-refractivity contribution in [3.63, 3.8) is 0 Å². The van der Waals surface area contributed by atoms with E-state index in [4.69, 9.17) is 0 Å². The molecule has 0 aromatic rings. The minimum absolute atomic E-state index is 0.0741. The number of nitrogens with two attached hydrogens (primary N) is 1. The first-order valence-electron chi connectivity index (χ1n) is 1.44. The molecule has 1 atom stereocenters. The zero-order valence-corrected chi connectivity index (χ0v) is 3.07. The van der Waals surface area contributed by atoms with Gasteiger partial charge >= 0.3 is 0 Å². The van der Waals surface area contributed by atoms with Crippen LogP contribution >= 0.6 is 0 Å². The fourth-order valence-corrected chi connectivity index (χ4v) is 0.0695. The molecule has 0 saturated heterocycles. The third kappa shape index (κ3) is 3.56. The summed E-state index contributed by atoms with van der Waals surface area (Å²) in [6.07, 6.45) is -0.972. The Kier molecular flexibility index (Phi) is 2.58. The van der Waals surface area contributed by atoms with E-state index in [2.05, 4.69) is 5.73 Å². The molecule has 36 valence electrons. The van der Waals surface area contributed by atoms with Gasteiger partial charge in [-0.15, -0.1) is 0 Å². The van der Waals surface area contributed by atoms with Crippen LogP contribution in [0.4, 0.5) is 8.78 Å². The second-order valence-corrected chi connectivity index (χ2v) is 0.763. The molecule has 0 aromatic heterocycles. The first-order valence-corrected chi connectivity index (χ1v) is 1.44. The van der Waals surface area contributed by atoms with Gasteiger partial charge in [0.25, 0.3) is 0 Å². The predicted molar refractivity (Wildman–Crippen MR) is 19.3 cm³/mol. The van der Waals surface area contributed by atoms with E-state index in [1.54, 1.807) is 0 Å². The number of hydrogen-bond acceptors (Lipinski definition) is 1. The molecule has 2 N–H and O–H groups in total. The fraction of sp³-hybridized carbons (Fsp3) is 0.333. The van der Waals surface area contributed by atoms with Crippen LogP contribution in [0.3, 0.4) is 0 Å². The van der Waals surface area contributed by atoms with Crippen LogP contribution in [0.1, 0.15) is 0 Å². The van der Waals surface area contributed by atoms with E-state index in [0.717, 1.165) is 0 Å².